The molecule has 0 bridgehead atoms. The number of methoxy groups -OCH3 is 1. The highest BCUT2D eigenvalue weighted by molar-refractivity contribution is 5.36. The summed E-state index contributed by atoms with van der Waals surface area (Å²) < 4.78 is 5.01. The molecule has 1 aromatic rings. The highest BCUT2D eigenvalue weighted by atomic mass is 16.5. The first-order valence-corrected chi connectivity index (χ1v) is 4.73. The SMILES string of the molecule is COc1cccc(NCCC(C)N)n1. The Morgan fingerprint density at radius 1 is 1.57 bits per heavy atom. The van der Waals surface area contributed by atoms with Gasteiger partial charge < -0.3 is 15.8 Å². The molecule has 4 nitrogen and oxygen atoms in total. The van der Waals surface area contributed by atoms with E-state index in [1.807, 2.05) is 25.1 Å². The molecule has 14 heavy (non-hydrogen) atoms. The number of rotatable bonds is 5. The van der Waals surface area contributed by atoms with E-state index in [0.717, 1.165) is 18.8 Å². The lowest BCUT2D eigenvalue weighted by atomic mass is 10.2. The number of pyridine rings is 1. The summed E-state index contributed by atoms with van der Waals surface area (Å²) in [5.74, 6) is 1.45. The molecule has 0 fully saturated rings. The Balaban J connectivity index is 2.42. The molecule has 1 atom stereocenters. The molecule has 0 radical (unpaired) electrons. The highest BCUT2D eigenvalue weighted by Gasteiger charge is 1.97. The van der Waals surface area contributed by atoms with Gasteiger partial charge in [0.15, 0.2) is 0 Å². The van der Waals surface area contributed by atoms with E-state index in [4.69, 9.17) is 10.5 Å². The van der Waals surface area contributed by atoms with Crippen LogP contribution in [0.5, 0.6) is 5.88 Å². The van der Waals surface area contributed by atoms with E-state index in [-0.39, 0.29) is 6.04 Å². The smallest absolute Gasteiger partial charge is 0.214 e. The lowest BCUT2D eigenvalue weighted by molar-refractivity contribution is 0.398. The van der Waals surface area contributed by atoms with Gasteiger partial charge in [-0.1, -0.05) is 6.07 Å². The molecule has 0 aliphatic heterocycles. The van der Waals surface area contributed by atoms with Gasteiger partial charge in [0.1, 0.15) is 5.82 Å². The molecule has 0 aliphatic carbocycles. The third kappa shape index (κ3) is 3.62. The van der Waals surface area contributed by atoms with Gasteiger partial charge in [-0.3, -0.25) is 0 Å². The minimum atomic E-state index is 0.216. The molecule has 1 rings (SSSR count). The van der Waals surface area contributed by atoms with Gasteiger partial charge in [-0.05, 0) is 19.4 Å². The molecule has 0 spiro atoms. The van der Waals surface area contributed by atoms with Gasteiger partial charge in [0.05, 0.1) is 7.11 Å². The Morgan fingerprint density at radius 2 is 2.36 bits per heavy atom. The van der Waals surface area contributed by atoms with E-state index >= 15 is 0 Å². The van der Waals surface area contributed by atoms with Crippen LogP contribution in [0.4, 0.5) is 5.82 Å². The zero-order valence-electron chi connectivity index (χ0n) is 8.66. The van der Waals surface area contributed by atoms with Gasteiger partial charge >= 0.3 is 0 Å². The molecule has 4 heteroatoms. The van der Waals surface area contributed by atoms with Crippen LogP contribution >= 0.6 is 0 Å². The van der Waals surface area contributed by atoms with Crippen LogP contribution in [0.25, 0.3) is 0 Å². The van der Waals surface area contributed by atoms with E-state index in [9.17, 15) is 0 Å². The minimum absolute atomic E-state index is 0.216. The summed E-state index contributed by atoms with van der Waals surface area (Å²) in [6.07, 6.45) is 0.929. The first kappa shape index (κ1) is 10.8. The second kappa shape index (κ2) is 5.44. The molecule has 3 N–H and O–H groups in total. The molecule has 1 heterocycles. The zero-order chi connectivity index (χ0) is 10.4. The lowest BCUT2D eigenvalue weighted by Crippen LogP contribution is -2.19. The van der Waals surface area contributed by atoms with Gasteiger partial charge in [0.25, 0.3) is 0 Å². The number of nitrogens with two attached hydrogens (primary N) is 1. The predicted octanol–water partition coefficient (Wildman–Crippen LogP) is 1.24. The van der Waals surface area contributed by atoms with Crippen molar-refractivity contribution in [2.24, 2.45) is 5.73 Å². The number of nitrogens with zero attached hydrogens (tertiary/aromatic N) is 1. The maximum absolute atomic E-state index is 5.63. The van der Waals surface area contributed by atoms with Crippen LogP contribution in [0.2, 0.25) is 0 Å². The Kier molecular flexibility index (Phi) is 4.19. The summed E-state index contributed by atoms with van der Waals surface area (Å²) in [6.45, 7) is 2.82. The standard InChI is InChI=1S/C10H17N3O/c1-8(11)6-7-12-9-4-3-5-10(13-9)14-2/h3-5,8H,6-7,11H2,1-2H3,(H,12,13). The summed E-state index contributed by atoms with van der Waals surface area (Å²) in [5, 5.41) is 3.18. The summed E-state index contributed by atoms with van der Waals surface area (Å²) in [4.78, 5) is 4.21. The van der Waals surface area contributed by atoms with Crippen molar-refractivity contribution >= 4 is 5.82 Å². The third-order valence-corrected chi connectivity index (χ3v) is 1.84. The average molecular weight is 195 g/mol. The molecular weight excluding hydrogens is 178 g/mol. The number of hydrogen-bond donors (Lipinski definition) is 2. The van der Waals surface area contributed by atoms with Crippen LogP contribution in [-0.4, -0.2) is 24.7 Å². The van der Waals surface area contributed by atoms with Crippen molar-refractivity contribution in [3.05, 3.63) is 18.2 Å². The van der Waals surface area contributed by atoms with Gasteiger partial charge in [0.2, 0.25) is 5.88 Å². The molecule has 0 amide bonds. The van der Waals surface area contributed by atoms with E-state index in [1.54, 1.807) is 7.11 Å². The maximum atomic E-state index is 5.63. The Bertz CT molecular complexity index is 276. The number of aromatic nitrogens is 1. The van der Waals surface area contributed by atoms with Crippen molar-refractivity contribution in [2.75, 3.05) is 19.0 Å². The van der Waals surface area contributed by atoms with Crippen molar-refractivity contribution in [3.8, 4) is 5.88 Å². The van der Waals surface area contributed by atoms with Crippen molar-refractivity contribution in [2.45, 2.75) is 19.4 Å². The lowest BCUT2D eigenvalue weighted by Gasteiger charge is -2.08. The summed E-state index contributed by atoms with van der Waals surface area (Å²) in [7, 11) is 1.61. The number of nitrogens with one attached hydrogen (secondary N) is 1. The van der Waals surface area contributed by atoms with Gasteiger partial charge in [-0.25, -0.2) is 0 Å². The largest absolute Gasteiger partial charge is 0.481 e. The Labute approximate surface area is 84.5 Å². The topological polar surface area (TPSA) is 60.2 Å². The predicted molar refractivity (Wildman–Crippen MR) is 57.5 cm³/mol. The molecule has 0 saturated carbocycles. The molecule has 0 aliphatic rings. The van der Waals surface area contributed by atoms with Crippen molar-refractivity contribution in [3.63, 3.8) is 0 Å². The summed E-state index contributed by atoms with van der Waals surface area (Å²) in [5.41, 5.74) is 5.63. The fraction of sp³-hybridized carbons (Fsp3) is 0.500. The van der Waals surface area contributed by atoms with Crippen LogP contribution in [0.1, 0.15) is 13.3 Å². The van der Waals surface area contributed by atoms with Crippen molar-refractivity contribution < 1.29 is 4.74 Å². The van der Waals surface area contributed by atoms with E-state index in [1.165, 1.54) is 0 Å². The third-order valence-electron chi connectivity index (χ3n) is 1.84. The van der Waals surface area contributed by atoms with E-state index < -0.39 is 0 Å². The molecule has 0 saturated heterocycles. The summed E-state index contributed by atoms with van der Waals surface area (Å²) >= 11 is 0. The van der Waals surface area contributed by atoms with Crippen molar-refractivity contribution in [1.82, 2.24) is 4.98 Å². The monoisotopic (exact) mass is 195 g/mol. The molecule has 1 unspecified atom stereocenters. The quantitative estimate of drug-likeness (QED) is 0.742. The fourth-order valence-corrected chi connectivity index (χ4v) is 1.05. The van der Waals surface area contributed by atoms with E-state index in [2.05, 4.69) is 10.3 Å². The average Bonchev–Trinajstić information content (AvgIpc) is 2.18. The molecule has 1 aromatic heterocycles. The van der Waals surface area contributed by atoms with Crippen LogP contribution < -0.4 is 15.8 Å². The highest BCUT2D eigenvalue weighted by Crippen LogP contribution is 2.10. The first-order valence-electron chi connectivity index (χ1n) is 4.73. The number of ether oxygens (including phenoxy) is 1. The number of hydrogen-bond acceptors (Lipinski definition) is 4. The normalized spacial score (nSPS) is 12.2. The van der Waals surface area contributed by atoms with Gasteiger partial charge in [0, 0.05) is 18.7 Å². The second-order valence-electron chi connectivity index (χ2n) is 3.26. The Morgan fingerprint density at radius 3 is 3.00 bits per heavy atom. The van der Waals surface area contributed by atoms with E-state index in [0.29, 0.717) is 5.88 Å². The molecule has 0 aromatic carbocycles. The maximum Gasteiger partial charge on any atom is 0.214 e. The van der Waals surface area contributed by atoms with Crippen LogP contribution in [0.3, 0.4) is 0 Å². The van der Waals surface area contributed by atoms with Crippen LogP contribution in [-0.2, 0) is 0 Å². The van der Waals surface area contributed by atoms with Gasteiger partial charge in [-0.2, -0.15) is 4.98 Å². The fourth-order valence-electron chi connectivity index (χ4n) is 1.05. The van der Waals surface area contributed by atoms with Crippen LogP contribution in [0, 0.1) is 0 Å². The van der Waals surface area contributed by atoms with Gasteiger partial charge in [-0.15, -0.1) is 0 Å². The molecular formula is C10H17N3O. The second-order valence-corrected chi connectivity index (χ2v) is 3.26. The van der Waals surface area contributed by atoms with Crippen molar-refractivity contribution in [1.29, 1.82) is 0 Å². The summed E-state index contributed by atoms with van der Waals surface area (Å²) in [6, 6.07) is 5.84. The molecule has 78 valence electrons. The first-order chi connectivity index (χ1) is 6.72. The minimum Gasteiger partial charge on any atom is -0.481 e. The van der Waals surface area contributed by atoms with Crippen LogP contribution in [0.15, 0.2) is 18.2 Å². The zero-order valence-corrected chi connectivity index (χ0v) is 8.66. The number of anilines is 1. The Hall–Kier alpha value is -1.29.